The van der Waals surface area contributed by atoms with Crippen molar-refractivity contribution in [1.82, 2.24) is 4.98 Å². The van der Waals surface area contributed by atoms with Gasteiger partial charge in [0.2, 0.25) is 0 Å². The fourth-order valence-electron chi connectivity index (χ4n) is 1.26. The second-order valence-electron chi connectivity index (χ2n) is 3.18. The van der Waals surface area contributed by atoms with Crippen molar-refractivity contribution in [2.75, 3.05) is 12.4 Å². The lowest BCUT2D eigenvalue weighted by Gasteiger charge is -2.07. The number of halogens is 1. The van der Waals surface area contributed by atoms with Gasteiger partial charge in [-0.3, -0.25) is 4.98 Å². The standard InChI is InChI=1S/C12H11BrN2O/c1-14-9-2-4-10(5-3-9)16-12-6-7-15-8-11(12)13/h2-8,14H,1H3. The van der Waals surface area contributed by atoms with E-state index in [0.717, 1.165) is 21.7 Å². The molecule has 0 saturated carbocycles. The molecule has 0 amide bonds. The van der Waals surface area contributed by atoms with Crippen molar-refractivity contribution in [3.63, 3.8) is 0 Å². The van der Waals surface area contributed by atoms with E-state index in [1.807, 2.05) is 37.4 Å². The Hall–Kier alpha value is -1.55. The summed E-state index contributed by atoms with van der Waals surface area (Å²) in [6, 6.07) is 9.57. The Balaban J connectivity index is 2.18. The summed E-state index contributed by atoms with van der Waals surface area (Å²) in [5.41, 5.74) is 1.06. The molecule has 0 radical (unpaired) electrons. The average molecular weight is 279 g/mol. The Morgan fingerprint density at radius 3 is 2.56 bits per heavy atom. The third-order valence-electron chi connectivity index (χ3n) is 2.11. The first-order chi connectivity index (χ1) is 7.79. The quantitative estimate of drug-likeness (QED) is 0.930. The average Bonchev–Trinajstić information content (AvgIpc) is 2.33. The van der Waals surface area contributed by atoms with Gasteiger partial charge in [0, 0.05) is 31.2 Å². The number of aromatic nitrogens is 1. The first-order valence-electron chi connectivity index (χ1n) is 4.85. The molecule has 0 aliphatic heterocycles. The molecule has 1 N–H and O–H groups in total. The molecule has 0 aliphatic carbocycles. The summed E-state index contributed by atoms with van der Waals surface area (Å²) in [5.74, 6) is 1.55. The van der Waals surface area contributed by atoms with E-state index in [9.17, 15) is 0 Å². The van der Waals surface area contributed by atoms with Gasteiger partial charge in [0.25, 0.3) is 0 Å². The second-order valence-corrected chi connectivity index (χ2v) is 4.04. The summed E-state index contributed by atoms with van der Waals surface area (Å²) in [6.45, 7) is 0. The zero-order valence-corrected chi connectivity index (χ0v) is 10.4. The second kappa shape index (κ2) is 4.99. The maximum absolute atomic E-state index is 5.69. The molecule has 1 aromatic carbocycles. The Kier molecular flexibility index (Phi) is 3.41. The fourth-order valence-corrected chi connectivity index (χ4v) is 1.59. The molecular formula is C12H11BrN2O. The van der Waals surface area contributed by atoms with E-state index >= 15 is 0 Å². The smallest absolute Gasteiger partial charge is 0.144 e. The Morgan fingerprint density at radius 2 is 1.94 bits per heavy atom. The number of benzene rings is 1. The van der Waals surface area contributed by atoms with Gasteiger partial charge in [-0.05, 0) is 40.2 Å². The van der Waals surface area contributed by atoms with Crippen molar-refractivity contribution in [3.05, 3.63) is 47.2 Å². The zero-order valence-electron chi connectivity index (χ0n) is 8.77. The molecule has 82 valence electrons. The van der Waals surface area contributed by atoms with Crippen LogP contribution in [0.25, 0.3) is 0 Å². The molecule has 0 bridgehead atoms. The van der Waals surface area contributed by atoms with Gasteiger partial charge >= 0.3 is 0 Å². The zero-order chi connectivity index (χ0) is 11.4. The maximum Gasteiger partial charge on any atom is 0.144 e. The van der Waals surface area contributed by atoms with Crippen LogP contribution in [0.2, 0.25) is 0 Å². The highest BCUT2D eigenvalue weighted by molar-refractivity contribution is 9.10. The molecular weight excluding hydrogens is 268 g/mol. The molecule has 0 spiro atoms. The maximum atomic E-state index is 5.69. The van der Waals surface area contributed by atoms with Crippen LogP contribution < -0.4 is 10.1 Å². The largest absolute Gasteiger partial charge is 0.456 e. The highest BCUT2D eigenvalue weighted by Gasteiger charge is 2.01. The molecule has 0 unspecified atom stereocenters. The third-order valence-corrected chi connectivity index (χ3v) is 2.70. The first kappa shape index (κ1) is 11.0. The summed E-state index contributed by atoms with van der Waals surface area (Å²) < 4.78 is 6.53. The molecule has 1 heterocycles. The van der Waals surface area contributed by atoms with Crippen LogP contribution in [0.5, 0.6) is 11.5 Å². The topological polar surface area (TPSA) is 34.1 Å². The highest BCUT2D eigenvalue weighted by Crippen LogP contribution is 2.28. The minimum atomic E-state index is 0.757. The predicted molar refractivity (Wildman–Crippen MR) is 68.0 cm³/mol. The summed E-state index contributed by atoms with van der Waals surface area (Å²) in [4.78, 5) is 3.98. The van der Waals surface area contributed by atoms with Gasteiger partial charge in [0.15, 0.2) is 0 Å². The van der Waals surface area contributed by atoms with Crippen LogP contribution in [0.15, 0.2) is 47.2 Å². The molecule has 0 fully saturated rings. The lowest BCUT2D eigenvalue weighted by atomic mass is 10.3. The molecule has 0 saturated heterocycles. The number of hydrogen-bond donors (Lipinski definition) is 1. The monoisotopic (exact) mass is 278 g/mol. The Labute approximate surface area is 103 Å². The predicted octanol–water partition coefficient (Wildman–Crippen LogP) is 3.68. The van der Waals surface area contributed by atoms with Crippen LogP contribution in [0.4, 0.5) is 5.69 Å². The van der Waals surface area contributed by atoms with Gasteiger partial charge in [-0.2, -0.15) is 0 Å². The van der Waals surface area contributed by atoms with Gasteiger partial charge in [-0.15, -0.1) is 0 Å². The van der Waals surface area contributed by atoms with Crippen LogP contribution in [0.1, 0.15) is 0 Å². The van der Waals surface area contributed by atoms with Gasteiger partial charge in [0.1, 0.15) is 11.5 Å². The Bertz CT molecular complexity index is 471. The lowest BCUT2D eigenvalue weighted by Crippen LogP contribution is -1.89. The van der Waals surface area contributed by atoms with E-state index < -0.39 is 0 Å². The van der Waals surface area contributed by atoms with Crippen molar-refractivity contribution in [1.29, 1.82) is 0 Å². The Morgan fingerprint density at radius 1 is 1.19 bits per heavy atom. The first-order valence-corrected chi connectivity index (χ1v) is 5.64. The molecule has 1 aromatic heterocycles. The number of anilines is 1. The molecule has 2 rings (SSSR count). The molecule has 3 nitrogen and oxygen atoms in total. The molecule has 16 heavy (non-hydrogen) atoms. The number of nitrogens with one attached hydrogen (secondary N) is 1. The fraction of sp³-hybridized carbons (Fsp3) is 0.0833. The molecule has 2 aromatic rings. The summed E-state index contributed by atoms with van der Waals surface area (Å²) >= 11 is 3.38. The van der Waals surface area contributed by atoms with Crippen LogP contribution in [0.3, 0.4) is 0 Å². The SMILES string of the molecule is CNc1ccc(Oc2ccncc2Br)cc1. The number of nitrogens with zero attached hydrogens (tertiary/aromatic N) is 1. The van der Waals surface area contributed by atoms with Gasteiger partial charge in [0.05, 0.1) is 4.47 Å². The van der Waals surface area contributed by atoms with Crippen molar-refractivity contribution in [3.8, 4) is 11.5 Å². The van der Waals surface area contributed by atoms with Crippen molar-refractivity contribution < 1.29 is 4.74 Å². The van der Waals surface area contributed by atoms with E-state index in [0.29, 0.717) is 0 Å². The third kappa shape index (κ3) is 2.52. The highest BCUT2D eigenvalue weighted by atomic mass is 79.9. The summed E-state index contributed by atoms with van der Waals surface area (Å²) in [5, 5.41) is 3.05. The number of ether oxygens (including phenoxy) is 1. The van der Waals surface area contributed by atoms with Crippen molar-refractivity contribution >= 4 is 21.6 Å². The van der Waals surface area contributed by atoms with Crippen LogP contribution in [-0.2, 0) is 0 Å². The molecule has 4 heteroatoms. The van der Waals surface area contributed by atoms with E-state index in [2.05, 4.69) is 26.2 Å². The van der Waals surface area contributed by atoms with Gasteiger partial charge in [-0.25, -0.2) is 0 Å². The lowest BCUT2D eigenvalue weighted by molar-refractivity contribution is 0.479. The van der Waals surface area contributed by atoms with E-state index in [1.165, 1.54) is 0 Å². The number of hydrogen-bond acceptors (Lipinski definition) is 3. The number of pyridine rings is 1. The minimum Gasteiger partial charge on any atom is -0.456 e. The van der Waals surface area contributed by atoms with E-state index in [4.69, 9.17) is 4.74 Å². The van der Waals surface area contributed by atoms with Gasteiger partial charge < -0.3 is 10.1 Å². The van der Waals surface area contributed by atoms with Gasteiger partial charge in [-0.1, -0.05) is 0 Å². The number of rotatable bonds is 3. The molecule has 0 aliphatic rings. The van der Waals surface area contributed by atoms with Crippen LogP contribution in [-0.4, -0.2) is 12.0 Å². The van der Waals surface area contributed by atoms with Crippen LogP contribution in [0, 0.1) is 0 Å². The van der Waals surface area contributed by atoms with E-state index in [1.54, 1.807) is 12.4 Å². The van der Waals surface area contributed by atoms with Crippen molar-refractivity contribution in [2.45, 2.75) is 0 Å². The normalized spacial score (nSPS) is 9.88. The summed E-state index contributed by atoms with van der Waals surface area (Å²) in [6.07, 6.45) is 3.40. The molecule has 0 atom stereocenters. The van der Waals surface area contributed by atoms with Crippen LogP contribution >= 0.6 is 15.9 Å². The van der Waals surface area contributed by atoms with E-state index in [-0.39, 0.29) is 0 Å². The summed E-state index contributed by atoms with van der Waals surface area (Å²) in [7, 11) is 1.88. The minimum absolute atomic E-state index is 0.757. The van der Waals surface area contributed by atoms with Crippen molar-refractivity contribution in [2.24, 2.45) is 0 Å².